The molecular weight excluding hydrogens is 342 g/mol. The van der Waals surface area contributed by atoms with E-state index in [9.17, 15) is 9.59 Å². The largest absolute Gasteiger partial charge is 0.457 e. The first-order valence-electron chi connectivity index (χ1n) is 9.16. The number of carbonyl (C=O) groups is 2. The number of hydrogen-bond donors (Lipinski definition) is 1. The van der Waals surface area contributed by atoms with Crippen molar-refractivity contribution in [1.82, 2.24) is 0 Å². The van der Waals surface area contributed by atoms with Crippen molar-refractivity contribution in [2.45, 2.75) is 39.2 Å². The van der Waals surface area contributed by atoms with E-state index in [1.807, 2.05) is 51.1 Å². The van der Waals surface area contributed by atoms with Crippen LogP contribution in [0.2, 0.25) is 0 Å². The van der Waals surface area contributed by atoms with Gasteiger partial charge in [-0.3, -0.25) is 9.59 Å². The molecule has 0 spiro atoms. The van der Waals surface area contributed by atoms with Crippen molar-refractivity contribution in [3.8, 4) is 11.5 Å². The maximum Gasteiger partial charge on any atom is 0.313 e. The van der Waals surface area contributed by atoms with Gasteiger partial charge < -0.3 is 14.8 Å². The van der Waals surface area contributed by atoms with E-state index in [1.165, 1.54) is 0 Å². The van der Waals surface area contributed by atoms with Crippen LogP contribution in [0.25, 0.3) is 0 Å². The van der Waals surface area contributed by atoms with Gasteiger partial charge in [0, 0.05) is 11.1 Å². The Morgan fingerprint density at radius 3 is 2.15 bits per heavy atom. The molecule has 0 unspecified atom stereocenters. The second-order valence-electron chi connectivity index (χ2n) is 8.07. The highest BCUT2D eigenvalue weighted by atomic mass is 16.6. The summed E-state index contributed by atoms with van der Waals surface area (Å²) in [6.07, 6.45) is 1.21. The average molecular weight is 365 g/mol. The van der Waals surface area contributed by atoms with E-state index in [-0.39, 0.29) is 11.9 Å². The van der Waals surface area contributed by atoms with E-state index in [0.29, 0.717) is 24.3 Å². The predicted octanol–water partition coefficient (Wildman–Crippen LogP) is 4.54. The number of rotatable bonds is 4. The number of ether oxygens (including phenoxy) is 2. The summed E-state index contributed by atoms with van der Waals surface area (Å²) < 4.78 is 11.4. The van der Waals surface area contributed by atoms with E-state index in [4.69, 9.17) is 9.47 Å². The molecule has 1 N–H and O–H groups in total. The highest BCUT2D eigenvalue weighted by molar-refractivity contribution is 6.03. The average Bonchev–Trinajstić information content (AvgIpc) is 2.95. The van der Waals surface area contributed by atoms with Crippen LogP contribution >= 0.6 is 0 Å². The summed E-state index contributed by atoms with van der Waals surface area (Å²) in [5.41, 5.74) is -1.64. The molecule has 0 radical (unpaired) electrons. The number of hydrogen-bond acceptors (Lipinski definition) is 4. The fourth-order valence-electron chi connectivity index (χ4n) is 4.21. The van der Waals surface area contributed by atoms with Gasteiger partial charge in [-0.15, -0.1) is 0 Å². The van der Waals surface area contributed by atoms with Gasteiger partial charge in [-0.1, -0.05) is 32.0 Å². The first kappa shape index (κ1) is 17.6. The number of benzene rings is 2. The summed E-state index contributed by atoms with van der Waals surface area (Å²) in [6, 6.07) is 16.7. The van der Waals surface area contributed by atoms with Crippen LogP contribution in [0.5, 0.6) is 11.5 Å². The predicted molar refractivity (Wildman–Crippen MR) is 102 cm³/mol. The van der Waals surface area contributed by atoms with Gasteiger partial charge >= 0.3 is 5.97 Å². The zero-order valence-electron chi connectivity index (χ0n) is 15.7. The number of carbonyl (C=O) groups excluding carboxylic acids is 2. The first-order valence-corrected chi connectivity index (χ1v) is 9.16. The van der Waals surface area contributed by atoms with Gasteiger partial charge in [0.05, 0.1) is 5.41 Å². The van der Waals surface area contributed by atoms with Crippen LogP contribution in [0.15, 0.2) is 54.6 Å². The summed E-state index contributed by atoms with van der Waals surface area (Å²) in [5, 5.41) is 2.92. The number of fused-ring (bicyclic) bond motifs is 2. The number of anilines is 1. The number of esters is 1. The fraction of sp³-hybridized carbons (Fsp3) is 0.364. The minimum Gasteiger partial charge on any atom is -0.457 e. The van der Waals surface area contributed by atoms with Crippen LogP contribution in [0.1, 0.15) is 33.6 Å². The molecule has 1 aliphatic heterocycles. The van der Waals surface area contributed by atoms with Gasteiger partial charge in [0.15, 0.2) is 5.60 Å². The molecule has 4 rings (SSSR count). The number of para-hydroxylation sites is 1. The lowest BCUT2D eigenvalue weighted by Crippen LogP contribution is -2.50. The van der Waals surface area contributed by atoms with Crippen molar-refractivity contribution < 1.29 is 19.1 Å². The summed E-state index contributed by atoms with van der Waals surface area (Å²) in [4.78, 5) is 25.4. The Bertz CT molecular complexity index is 890. The van der Waals surface area contributed by atoms with Crippen molar-refractivity contribution in [2.24, 2.45) is 10.8 Å². The minimum absolute atomic E-state index is 0.265. The molecule has 2 bridgehead atoms. The van der Waals surface area contributed by atoms with Crippen LogP contribution < -0.4 is 10.1 Å². The minimum atomic E-state index is -1.11. The molecule has 2 aromatic rings. The van der Waals surface area contributed by atoms with Gasteiger partial charge in [0.1, 0.15) is 11.5 Å². The molecule has 1 amide bonds. The molecule has 1 saturated heterocycles. The monoisotopic (exact) mass is 365 g/mol. The van der Waals surface area contributed by atoms with Gasteiger partial charge in [0.2, 0.25) is 0 Å². The normalized spacial score (nSPS) is 27.9. The van der Waals surface area contributed by atoms with Crippen LogP contribution in [0.3, 0.4) is 0 Å². The Kier molecular flexibility index (Phi) is 3.81. The third-order valence-corrected chi connectivity index (χ3v) is 6.54. The van der Waals surface area contributed by atoms with E-state index in [1.54, 1.807) is 24.3 Å². The Morgan fingerprint density at radius 1 is 0.963 bits per heavy atom. The zero-order valence-corrected chi connectivity index (χ0v) is 15.7. The Balaban J connectivity index is 1.50. The maximum atomic E-state index is 13.1. The molecule has 27 heavy (non-hydrogen) atoms. The lowest BCUT2D eigenvalue weighted by atomic mass is 9.66. The van der Waals surface area contributed by atoms with Gasteiger partial charge in [-0.25, -0.2) is 0 Å². The van der Waals surface area contributed by atoms with E-state index < -0.39 is 16.4 Å². The molecule has 0 aromatic heterocycles. The molecule has 2 aliphatic rings. The summed E-state index contributed by atoms with van der Waals surface area (Å²) in [6.45, 7) is 5.79. The second kappa shape index (κ2) is 5.84. The molecule has 1 heterocycles. The van der Waals surface area contributed by atoms with Gasteiger partial charge in [-0.2, -0.15) is 0 Å². The molecule has 1 aliphatic carbocycles. The third-order valence-electron chi connectivity index (χ3n) is 6.54. The van der Waals surface area contributed by atoms with Crippen LogP contribution in [0, 0.1) is 10.8 Å². The van der Waals surface area contributed by atoms with Crippen molar-refractivity contribution in [1.29, 1.82) is 0 Å². The van der Waals surface area contributed by atoms with Gasteiger partial charge in [-0.05, 0) is 56.2 Å². The summed E-state index contributed by atoms with van der Waals surface area (Å²) in [7, 11) is 0. The topological polar surface area (TPSA) is 64.6 Å². The quantitative estimate of drug-likeness (QED) is 0.808. The number of amides is 1. The van der Waals surface area contributed by atoms with E-state index in [0.717, 1.165) is 5.75 Å². The molecule has 140 valence electrons. The van der Waals surface area contributed by atoms with Crippen molar-refractivity contribution in [2.75, 3.05) is 5.32 Å². The fourth-order valence-corrected chi connectivity index (χ4v) is 4.21. The zero-order chi connectivity index (χ0) is 19.3. The Hall–Kier alpha value is -2.82. The Morgan fingerprint density at radius 2 is 1.59 bits per heavy atom. The Labute approximate surface area is 158 Å². The highest BCUT2D eigenvalue weighted by Crippen LogP contribution is 2.65. The highest BCUT2D eigenvalue weighted by Gasteiger charge is 2.75. The summed E-state index contributed by atoms with van der Waals surface area (Å²) in [5.74, 6) is 0.885. The first-order chi connectivity index (χ1) is 12.8. The van der Waals surface area contributed by atoms with Crippen molar-refractivity contribution in [3.05, 3.63) is 54.6 Å². The standard InChI is InChI=1S/C22H23NO4/c1-20(2)21(3)13-14-22(20,27-19(21)25)18(24)23-15-9-11-17(12-10-15)26-16-7-5-4-6-8-16/h4-12H,13-14H2,1-3H3,(H,23,24)/t21-,22+/m0/s1. The lowest BCUT2D eigenvalue weighted by molar-refractivity contribution is -0.165. The molecule has 2 aromatic carbocycles. The van der Waals surface area contributed by atoms with Crippen molar-refractivity contribution >= 4 is 17.6 Å². The molecule has 2 fully saturated rings. The van der Waals surface area contributed by atoms with E-state index >= 15 is 0 Å². The van der Waals surface area contributed by atoms with Gasteiger partial charge in [0.25, 0.3) is 5.91 Å². The SMILES string of the molecule is CC1(C)[C@@]2(C)CC[C@]1(C(=O)Nc1ccc(Oc3ccccc3)cc1)OC2=O. The van der Waals surface area contributed by atoms with Crippen molar-refractivity contribution in [3.63, 3.8) is 0 Å². The van der Waals surface area contributed by atoms with Crippen LogP contribution in [-0.2, 0) is 14.3 Å². The molecule has 5 nitrogen and oxygen atoms in total. The van der Waals surface area contributed by atoms with Crippen LogP contribution in [-0.4, -0.2) is 17.5 Å². The lowest BCUT2D eigenvalue weighted by Gasteiger charge is -2.35. The second-order valence-corrected chi connectivity index (χ2v) is 8.07. The smallest absolute Gasteiger partial charge is 0.313 e. The summed E-state index contributed by atoms with van der Waals surface area (Å²) >= 11 is 0. The molecular formula is C22H23NO4. The molecule has 1 saturated carbocycles. The molecule has 2 atom stereocenters. The molecule has 5 heteroatoms. The van der Waals surface area contributed by atoms with E-state index in [2.05, 4.69) is 5.32 Å². The number of nitrogens with one attached hydrogen (secondary N) is 1. The third kappa shape index (κ3) is 2.45. The maximum absolute atomic E-state index is 13.1. The van der Waals surface area contributed by atoms with Crippen LogP contribution in [0.4, 0.5) is 5.69 Å².